The Kier molecular flexibility index (Phi) is 10.2. The Morgan fingerprint density at radius 1 is 0.921 bits per heavy atom. The van der Waals surface area contributed by atoms with E-state index in [4.69, 9.17) is 14.0 Å². The number of carbonyl (C=O) groups is 2. The molecule has 2 rings (SSSR count). The first-order chi connectivity index (χ1) is 17.5. The maximum atomic E-state index is 13.4. The number of carbonyl (C=O) groups excluding carboxylic acids is 2. The highest BCUT2D eigenvalue weighted by Gasteiger charge is 2.41. The van der Waals surface area contributed by atoms with Crippen molar-refractivity contribution in [2.24, 2.45) is 0 Å². The lowest BCUT2D eigenvalue weighted by Gasteiger charge is -2.39. The number of hydrogen-bond acceptors (Lipinski definition) is 6. The lowest BCUT2D eigenvalue weighted by Crippen LogP contribution is -2.47. The molecule has 0 unspecified atom stereocenters. The number of ether oxygens (including phenoxy) is 1. The smallest absolute Gasteiger partial charge is 0.410 e. The van der Waals surface area contributed by atoms with Crippen LogP contribution in [-0.4, -0.2) is 49.0 Å². The van der Waals surface area contributed by atoms with Crippen LogP contribution >= 0.6 is 0 Å². The van der Waals surface area contributed by atoms with E-state index in [-0.39, 0.29) is 11.6 Å². The van der Waals surface area contributed by atoms with E-state index < -0.39 is 32.0 Å². The van der Waals surface area contributed by atoms with E-state index in [0.717, 1.165) is 11.1 Å². The van der Waals surface area contributed by atoms with Gasteiger partial charge in [-0.1, -0.05) is 81.4 Å². The lowest BCUT2D eigenvalue weighted by molar-refractivity contribution is -0.196. The normalized spacial score (nSPS) is 13.4. The Morgan fingerprint density at radius 3 is 1.95 bits per heavy atom. The molecule has 0 aliphatic carbocycles. The van der Waals surface area contributed by atoms with Crippen molar-refractivity contribution in [3.8, 4) is 0 Å². The Bertz CT molecular complexity index is 1090. The summed E-state index contributed by atoms with van der Waals surface area (Å²) in [6, 6.07) is 18.6. The topological polar surface area (TPSA) is 68.3 Å². The van der Waals surface area contributed by atoms with Crippen LogP contribution in [0.25, 0.3) is 6.08 Å². The summed E-state index contributed by atoms with van der Waals surface area (Å²) in [6.45, 7) is 18.0. The predicted octanol–water partition coefficient (Wildman–Crippen LogP) is 7.22. The van der Waals surface area contributed by atoms with Crippen molar-refractivity contribution in [1.29, 1.82) is 0 Å². The summed E-state index contributed by atoms with van der Waals surface area (Å²) >= 11 is 0. The van der Waals surface area contributed by atoms with Gasteiger partial charge in [-0.05, 0) is 57.0 Å². The number of hydrogen-bond donors (Lipinski definition) is 0. The Hall–Kier alpha value is -3.26. The zero-order valence-electron chi connectivity index (χ0n) is 24.6. The minimum atomic E-state index is -2.33. The van der Waals surface area contributed by atoms with Crippen LogP contribution in [0.3, 0.4) is 0 Å². The van der Waals surface area contributed by atoms with Gasteiger partial charge >= 0.3 is 12.1 Å². The molecular formula is C30H44N2O5Si. The van der Waals surface area contributed by atoms with Gasteiger partial charge in [0.1, 0.15) is 11.6 Å². The van der Waals surface area contributed by atoms with Crippen molar-refractivity contribution in [3.63, 3.8) is 0 Å². The zero-order valence-corrected chi connectivity index (χ0v) is 25.6. The van der Waals surface area contributed by atoms with Crippen LogP contribution in [0.15, 0.2) is 66.5 Å². The number of amides is 1. The summed E-state index contributed by atoms with van der Waals surface area (Å²) in [5, 5.41) is 1.40. The third kappa shape index (κ3) is 9.24. The number of likely N-dealkylation sites (N-methyl/N-ethyl adjacent to an activating group) is 1. The van der Waals surface area contributed by atoms with Gasteiger partial charge in [-0.2, -0.15) is 5.06 Å². The zero-order chi connectivity index (χ0) is 28.7. The fraction of sp³-hybridized carbons (Fsp3) is 0.467. The molecule has 0 spiro atoms. The molecule has 0 aromatic heterocycles. The van der Waals surface area contributed by atoms with Crippen LogP contribution < -0.4 is 0 Å². The summed E-state index contributed by atoms with van der Waals surface area (Å²) in [6.07, 6.45) is 1.29. The van der Waals surface area contributed by atoms with Crippen molar-refractivity contribution in [3.05, 3.63) is 77.7 Å². The number of rotatable bonds is 9. The second-order valence-corrected chi connectivity index (χ2v) is 16.7. The third-order valence-electron chi connectivity index (χ3n) is 6.47. The van der Waals surface area contributed by atoms with Crippen molar-refractivity contribution in [1.82, 2.24) is 9.96 Å². The van der Waals surface area contributed by atoms with Crippen LogP contribution in [0.1, 0.15) is 59.6 Å². The summed E-state index contributed by atoms with van der Waals surface area (Å²) in [4.78, 5) is 33.2. The molecule has 2 aromatic rings. The van der Waals surface area contributed by atoms with E-state index in [1.165, 1.54) is 17.0 Å². The first-order valence-corrected chi connectivity index (χ1v) is 15.9. The van der Waals surface area contributed by atoms with Gasteiger partial charge in [0.15, 0.2) is 0 Å². The summed E-state index contributed by atoms with van der Waals surface area (Å²) in [5.74, 6) is -0.167. The quantitative estimate of drug-likeness (QED) is 0.190. The molecule has 0 radical (unpaired) electrons. The summed E-state index contributed by atoms with van der Waals surface area (Å²) in [5.41, 5.74) is 1.16. The molecule has 8 heteroatoms. The SMILES string of the molecule is C[C@@H](C(=O)ON(Cc1ccccc1)/C(=C/c1ccccc1)O[Si](C)(C)C(C)(C)C)N(C)C(=O)OC(C)(C)C. The summed E-state index contributed by atoms with van der Waals surface area (Å²) in [7, 11) is -0.810. The van der Waals surface area contributed by atoms with Crippen molar-refractivity contribution >= 4 is 26.5 Å². The Morgan fingerprint density at radius 2 is 1.45 bits per heavy atom. The highest BCUT2D eigenvalue weighted by Crippen LogP contribution is 2.39. The molecule has 208 valence electrons. The second kappa shape index (κ2) is 12.5. The molecular weight excluding hydrogens is 496 g/mol. The molecule has 0 saturated heterocycles. The summed E-state index contributed by atoms with van der Waals surface area (Å²) < 4.78 is 12.2. The van der Waals surface area contributed by atoms with E-state index in [2.05, 4.69) is 33.9 Å². The fourth-order valence-electron chi connectivity index (χ4n) is 3.00. The molecule has 0 bridgehead atoms. The van der Waals surface area contributed by atoms with Crippen LogP contribution in [-0.2, 0) is 25.3 Å². The molecule has 0 aliphatic heterocycles. The molecule has 7 nitrogen and oxygen atoms in total. The predicted molar refractivity (Wildman–Crippen MR) is 154 cm³/mol. The average molecular weight is 541 g/mol. The fourth-order valence-corrected chi connectivity index (χ4v) is 3.99. The molecule has 1 amide bonds. The minimum absolute atomic E-state index is 0.0879. The van der Waals surface area contributed by atoms with Crippen LogP contribution in [0.4, 0.5) is 4.79 Å². The second-order valence-electron chi connectivity index (χ2n) is 12.0. The van der Waals surface area contributed by atoms with E-state index in [1.54, 1.807) is 27.7 Å². The van der Waals surface area contributed by atoms with Gasteiger partial charge in [0.25, 0.3) is 8.32 Å². The monoisotopic (exact) mass is 540 g/mol. The Labute approximate surface area is 229 Å². The molecule has 1 atom stereocenters. The molecule has 0 fully saturated rings. The van der Waals surface area contributed by atoms with Gasteiger partial charge in [-0.25, -0.2) is 9.59 Å². The maximum absolute atomic E-state index is 13.4. The number of hydroxylamine groups is 2. The third-order valence-corrected chi connectivity index (χ3v) is 10.8. The van der Waals surface area contributed by atoms with Gasteiger partial charge < -0.3 is 14.0 Å². The first-order valence-electron chi connectivity index (χ1n) is 12.9. The molecule has 0 saturated carbocycles. The molecule has 0 N–H and O–H groups in total. The largest absolute Gasteiger partial charge is 0.530 e. The van der Waals surface area contributed by atoms with Gasteiger partial charge in [-0.15, -0.1) is 0 Å². The van der Waals surface area contributed by atoms with Gasteiger partial charge in [0.2, 0.25) is 5.88 Å². The highest BCUT2D eigenvalue weighted by molar-refractivity contribution is 6.74. The van der Waals surface area contributed by atoms with Crippen LogP contribution in [0.5, 0.6) is 0 Å². The van der Waals surface area contributed by atoms with Crippen LogP contribution in [0, 0.1) is 0 Å². The van der Waals surface area contributed by atoms with E-state index in [0.29, 0.717) is 5.88 Å². The van der Waals surface area contributed by atoms with E-state index in [1.807, 2.05) is 66.7 Å². The first kappa shape index (κ1) is 31.0. The van der Waals surface area contributed by atoms with Crippen molar-refractivity contribution in [2.45, 2.75) is 84.8 Å². The van der Waals surface area contributed by atoms with E-state index >= 15 is 0 Å². The molecule has 0 aliphatic rings. The minimum Gasteiger partial charge on any atom is -0.530 e. The van der Waals surface area contributed by atoms with Crippen LogP contribution in [0.2, 0.25) is 18.1 Å². The van der Waals surface area contributed by atoms with Gasteiger partial charge in [0.05, 0.1) is 6.54 Å². The standard InChI is InChI=1S/C30H44N2O5Si/c1-23(31(8)28(34)35-29(2,3)4)27(33)36-32(22-25-19-15-12-16-20-25)26(21-24-17-13-11-14-18-24)37-38(9,10)30(5,6)7/h11-21,23H,22H2,1-10H3/b26-21-/t23-/m0/s1. The molecule has 0 heterocycles. The number of nitrogens with zero attached hydrogens (tertiary/aromatic N) is 2. The average Bonchev–Trinajstić information content (AvgIpc) is 2.81. The lowest BCUT2D eigenvalue weighted by atomic mass is 10.2. The van der Waals surface area contributed by atoms with E-state index in [9.17, 15) is 9.59 Å². The van der Waals surface area contributed by atoms with Gasteiger partial charge in [-0.3, -0.25) is 4.90 Å². The van der Waals surface area contributed by atoms with Gasteiger partial charge in [0, 0.05) is 13.1 Å². The maximum Gasteiger partial charge on any atom is 0.410 e. The molecule has 2 aromatic carbocycles. The number of benzene rings is 2. The van der Waals surface area contributed by atoms with Crippen molar-refractivity contribution in [2.75, 3.05) is 7.05 Å². The van der Waals surface area contributed by atoms with Crippen molar-refractivity contribution < 1.29 is 23.6 Å². The highest BCUT2D eigenvalue weighted by atomic mass is 28.4. The molecule has 38 heavy (non-hydrogen) atoms. The Balaban J connectivity index is 2.47.